The maximum atomic E-state index is 10.8. The van der Waals surface area contributed by atoms with Crippen molar-refractivity contribution >= 4 is 40.3 Å². The lowest BCUT2D eigenvalue weighted by Crippen LogP contribution is -2.07. The molecule has 0 aliphatic heterocycles. The number of carboxylic acids is 1. The SMILES string of the molecule is Nc1cc(C(=O)O)ccc1NCCc1ccc(Cl)s1. The van der Waals surface area contributed by atoms with E-state index < -0.39 is 5.97 Å². The first kappa shape index (κ1) is 13.7. The molecule has 19 heavy (non-hydrogen) atoms. The van der Waals surface area contributed by atoms with Gasteiger partial charge in [0, 0.05) is 11.4 Å². The lowest BCUT2D eigenvalue weighted by atomic mass is 10.1. The van der Waals surface area contributed by atoms with Gasteiger partial charge >= 0.3 is 5.97 Å². The van der Waals surface area contributed by atoms with Gasteiger partial charge in [-0.05, 0) is 36.8 Å². The fourth-order valence-corrected chi connectivity index (χ4v) is 2.75. The van der Waals surface area contributed by atoms with Gasteiger partial charge in [-0.2, -0.15) is 0 Å². The zero-order valence-corrected chi connectivity index (χ0v) is 11.6. The molecule has 6 heteroatoms. The van der Waals surface area contributed by atoms with Crippen molar-refractivity contribution in [3.05, 3.63) is 45.1 Å². The van der Waals surface area contributed by atoms with E-state index >= 15 is 0 Å². The third-order valence-electron chi connectivity index (χ3n) is 2.61. The average Bonchev–Trinajstić information content (AvgIpc) is 2.77. The molecular weight excluding hydrogens is 284 g/mol. The minimum absolute atomic E-state index is 0.188. The summed E-state index contributed by atoms with van der Waals surface area (Å²) in [6.45, 7) is 0.716. The van der Waals surface area contributed by atoms with Crippen LogP contribution in [-0.4, -0.2) is 17.6 Å². The van der Waals surface area contributed by atoms with Crippen LogP contribution in [0.15, 0.2) is 30.3 Å². The average molecular weight is 297 g/mol. The summed E-state index contributed by atoms with van der Waals surface area (Å²) in [6, 6.07) is 8.53. The number of hydrogen-bond donors (Lipinski definition) is 3. The van der Waals surface area contributed by atoms with E-state index in [0.717, 1.165) is 16.4 Å². The van der Waals surface area contributed by atoms with E-state index in [0.29, 0.717) is 12.2 Å². The van der Waals surface area contributed by atoms with E-state index in [2.05, 4.69) is 5.32 Å². The van der Waals surface area contributed by atoms with Crippen molar-refractivity contribution < 1.29 is 9.90 Å². The molecule has 1 aromatic carbocycles. The monoisotopic (exact) mass is 296 g/mol. The molecule has 0 amide bonds. The lowest BCUT2D eigenvalue weighted by Gasteiger charge is -2.09. The molecule has 0 aliphatic rings. The smallest absolute Gasteiger partial charge is 0.335 e. The van der Waals surface area contributed by atoms with Gasteiger partial charge in [0.1, 0.15) is 0 Å². The van der Waals surface area contributed by atoms with Gasteiger partial charge in [0.25, 0.3) is 0 Å². The Morgan fingerprint density at radius 3 is 2.74 bits per heavy atom. The molecule has 100 valence electrons. The summed E-state index contributed by atoms with van der Waals surface area (Å²) in [7, 11) is 0. The first-order chi connectivity index (χ1) is 9.06. The summed E-state index contributed by atoms with van der Waals surface area (Å²) < 4.78 is 0.778. The van der Waals surface area contributed by atoms with Gasteiger partial charge in [0.2, 0.25) is 0 Å². The Morgan fingerprint density at radius 2 is 2.16 bits per heavy atom. The van der Waals surface area contributed by atoms with Gasteiger partial charge in [-0.3, -0.25) is 0 Å². The Hall–Kier alpha value is -1.72. The van der Waals surface area contributed by atoms with Gasteiger partial charge in [-0.1, -0.05) is 11.6 Å². The molecule has 2 aromatic rings. The van der Waals surface area contributed by atoms with E-state index in [4.69, 9.17) is 22.4 Å². The van der Waals surface area contributed by atoms with Crippen LogP contribution in [0.1, 0.15) is 15.2 Å². The zero-order chi connectivity index (χ0) is 13.8. The van der Waals surface area contributed by atoms with Crippen molar-refractivity contribution in [2.24, 2.45) is 0 Å². The molecule has 0 radical (unpaired) electrons. The number of nitrogen functional groups attached to an aromatic ring is 1. The highest BCUT2D eigenvalue weighted by Gasteiger charge is 2.06. The topological polar surface area (TPSA) is 75.4 Å². The highest BCUT2D eigenvalue weighted by Crippen LogP contribution is 2.23. The second-order valence-electron chi connectivity index (χ2n) is 3.99. The number of nitrogens with two attached hydrogens (primary N) is 1. The van der Waals surface area contributed by atoms with Gasteiger partial charge in [-0.15, -0.1) is 11.3 Å². The largest absolute Gasteiger partial charge is 0.478 e. The Bertz CT molecular complexity index is 598. The number of aromatic carboxylic acids is 1. The number of rotatable bonds is 5. The zero-order valence-electron chi connectivity index (χ0n) is 10.0. The first-order valence-electron chi connectivity index (χ1n) is 5.67. The summed E-state index contributed by atoms with van der Waals surface area (Å²) in [5, 5.41) is 12.0. The number of thiophene rings is 1. The molecule has 1 heterocycles. The van der Waals surface area contributed by atoms with E-state index in [1.54, 1.807) is 17.4 Å². The minimum Gasteiger partial charge on any atom is -0.478 e. The minimum atomic E-state index is -0.980. The van der Waals surface area contributed by atoms with E-state index in [1.807, 2.05) is 12.1 Å². The van der Waals surface area contributed by atoms with Gasteiger partial charge < -0.3 is 16.2 Å². The van der Waals surface area contributed by atoms with E-state index in [9.17, 15) is 4.79 Å². The van der Waals surface area contributed by atoms with Crippen LogP contribution in [0.25, 0.3) is 0 Å². The molecule has 0 aliphatic carbocycles. The molecule has 0 saturated carbocycles. The summed E-state index contributed by atoms with van der Waals surface area (Å²) >= 11 is 7.40. The molecule has 0 saturated heterocycles. The molecular formula is C13H13ClN2O2S. The summed E-state index contributed by atoms with van der Waals surface area (Å²) in [4.78, 5) is 12.0. The number of anilines is 2. The molecule has 4 N–H and O–H groups in total. The number of benzene rings is 1. The van der Waals surface area contributed by atoms with Gasteiger partial charge in [0.05, 0.1) is 21.3 Å². The van der Waals surface area contributed by atoms with Crippen molar-refractivity contribution in [2.45, 2.75) is 6.42 Å². The van der Waals surface area contributed by atoms with E-state index in [1.165, 1.54) is 17.0 Å². The predicted octanol–water partition coefficient (Wildman–Crippen LogP) is 3.34. The van der Waals surface area contributed by atoms with Gasteiger partial charge in [0.15, 0.2) is 0 Å². The third-order valence-corrected chi connectivity index (χ3v) is 3.91. The first-order valence-corrected chi connectivity index (χ1v) is 6.86. The summed E-state index contributed by atoms with van der Waals surface area (Å²) in [5.41, 5.74) is 7.16. The Balaban J connectivity index is 1.94. The van der Waals surface area contributed by atoms with Crippen LogP contribution in [0.5, 0.6) is 0 Å². The van der Waals surface area contributed by atoms with Crippen LogP contribution in [0.2, 0.25) is 4.34 Å². The van der Waals surface area contributed by atoms with E-state index in [-0.39, 0.29) is 5.56 Å². The summed E-state index contributed by atoms with van der Waals surface area (Å²) in [5.74, 6) is -0.980. The van der Waals surface area contributed by atoms with Crippen LogP contribution >= 0.6 is 22.9 Å². The summed E-state index contributed by atoms with van der Waals surface area (Å²) in [6.07, 6.45) is 0.845. The highest BCUT2D eigenvalue weighted by atomic mass is 35.5. The van der Waals surface area contributed by atoms with Crippen molar-refractivity contribution in [1.82, 2.24) is 0 Å². The number of nitrogens with one attached hydrogen (secondary N) is 1. The van der Waals surface area contributed by atoms with Gasteiger partial charge in [-0.25, -0.2) is 4.79 Å². The van der Waals surface area contributed by atoms with Crippen LogP contribution in [0.4, 0.5) is 11.4 Å². The molecule has 0 atom stereocenters. The number of carbonyl (C=O) groups is 1. The second kappa shape index (κ2) is 5.95. The van der Waals surface area contributed by atoms with Crippen LogP contribution < -0.4 is 11.1 Å². The second-order valence-corrected chi connectivity index (χ2v) is 5.79. The normalized spacial score (nSPS) is 10.4. The molecule has 1 aromatic heterocycles. The highest BCUT2D eigenvalue weighted by molar-refractivity contribution is 7.16. The Kier molecular flexibility index (Phi) is 4.29. The molecule has 0 fully saturated rings. The molecule has 0 spiro atoms. The molecule has 4 nitrogen and oxygen atoms in total. The maximum absolute atomic E-state index is 10.8. The van der Waals surface area contributed by atoms with Crippen molar-refractivity contribution in [2.75, 3.05) is 17.6 Å². The maximum Gasteiger partial charge on any atom is 0.335 e. The Morgan fingerprint density at radius 1 is 1.37 bits per heavy atom. The predicted molar refractivity (Wildman–Crippen MR) is 79.3 cm³/mol. The molecule has 0 unspecified atom stereocenters. The number of hydrogen-bond acceptors (Lipinski definition) is 4. The standard InChI is InChI=1S/C13H13ClN2O2S/c14-12-4-2-9(19-12)5-6-16-11-3-1-8(13(17)18)7-10(11)15/h1-4,7,16H,5-6,15H2,(H,17,18). The quantitative estimate of drug-likeness (QED) is 0.740. The number of carboxylic acid groups (broad SMARTS) is 1. The third kappa shape index (κ3) is 3.62. The van der Waals surface area contributed by atoms with Crippen LogP contribution in [0.3, 0.4) is 0 Å². The molecule has 2 rings (SSSR count). The van der Waals surface area contributed by atoms with Crippen molar-refractivity contribution in [3.8, 4) is 0 Å². The Labute approximate surface area is 119 Å². The fourth-order valence-electron chi connectivity index (χ4n) is 1.66. The van der Waals surface area contributed by atoms with Crippen LogP contribution in [-0.2, 0) is 6.42 Å². The van der Waals surface area contributed by atoms with Crippen LogP contribution in [0, 0.1) is 0 Å². The molecule has 0 bridgehead atoms. The lowest BCUT2D eigenvalue weighted by molar-refractivity contribution is 0.0697. The fraction of sp³-hybridized carbons (Fsp3) is 0.154. The van der Waals surface area contributed by atoms with Crippen molar-refractivity contribution in [1.29, 1.82) is 0 Å². The van der Waals surface area contributed by atoms with Crippen molar-refractivity contribution in [3.63, 3.8) is 0 Å². The number of halogens is 1.